The van der Waals surface area contributed by atoms with Gasteiger partial charge >= 0.3 is 0 Å². The van der Waals surface area contributed by atoms with E-state index in [4.69, 9.17) is 28.2 Å². The average molecular weight is 219 g/mol. The van der Waals surface area contributed by atoms with Gasteiger partial charge in [-0.1, -0.05) is 17.7 Å². The van der Waals surface area contributed by atoms with E-state index in [9.17, 15) is 4.39 Å². The lowest BCUT2D eigenvalue weighted by molar-refractivity contribution is 0.210. The summed E-state index contributed by atoms with van der Waals surface area (Å²) >= 11 is 5.72. The fourth-order valence-electron chi connectivity index (χ4n) is 1.09. The van der Waals surface area contributed by atoms with Gasteiger partial charge in [0.1, 0.15) is 0 Å². The van der Waals surface area contributed by atoms with Crippen LogP contribution < -0.4 is 11.5 Å². The van der Waals surface area contributed by atoms with Gasteiger partial charge in [0, 0.05) is 0 Å². The molecule has 0 bridgehead atoms. The molecule has 0 amide bonds. The molecule has 3 nitrogen and oxygen atoms in total. The Kier molecular flexibility index (Phi) is 2.99. The Balaban J connectivity index is 3.31. The molecule has 0 saturated carbocycles. The summed E-state index contributed by atoms with van der Waals surface area (Å²) in [5.74, 6) is -0.700. The zero-order valence-electron chi connectivity index (χ0n) is 7.72. The highest BCUT2D eigenvalue weighted by atomic mass is 35.5. The predicted octanol–water partition coefficient (Wildman–Crippen LogP) is 1.23. The summed E-state index contributed by atoms with van der Waals surface area (Å²) in [6.45, 7) is 1.24. The van der Waals surface area contributed by atoms with Crippen LogP contribution in [-0.4, -0.2) is 11.7 Å². The van der Waals surface area contributed by atoms with Crippen molar-refractivity contribution < 1.29 is 9.50 Å². The number of anilines is 1. The minimum absolute atomic E-state index is 0.0347. The summed E-state index contributed by atoms with van der Waals surface area (Å²) in [5, 5.41) is 8.86. The molecule has 1 atom stereocenters. The van der Waals surface area contributed by atoms with Crippen LogP contribution in [0.4, 0.5) is 10.1 Å². The van der Waals surface area contributed by atoms with Crippen LogP contribution in [0.5, 0.6) is 0 Å². The highest BCUT2D eigenvalue weighted by Gasteiger charge is 2.25. The molecule has 0 aliphatic rings. The predicted molar refractivity (Wildman–Crippen MR) is 54.4 cm³/mol. The summed E-state index contributed by atoms with van der Waals surface area (Å²) < 4.78 is 13.3. The van der Waals surface area contributed by atoms with E-state index >= 15 is 0 Å². The first-order valence-corrected chi connectivity index (χ1v) is 4.41. The van der Waals surface area contributed by atoms with Crippen molar-refractivity contribution in [1.82, 2.24) is 0 Å². The lowest BCUT2D eigenvalue weighted by Crippen LogP contribution is -2.37. The summed E-state index contributed by atoms with van der Waals surface area (Å²) in [6, 6.07) is 2.88. The molecule has 0 aliphatic carbocycles. The second kappa shape index (κ2) is 3.73. The van der Waals surface area contributed by atoms with Crippen LogP contribution in [0.25, 0.3) is 0 Å². The van der Waals surface area contributed by atoms with Gasteiger partial charge in [0.05, 0.1) is 22.9 Å². The first-order chi connectivity index (χ1) is 6.40. The molecule has 1 aromatic carbocycles. The van der Waals surface area contributed by atoms with E-state index < -0.39 is 11.4 Å². The fraction of sp³-hybridized carbons (Fsp3) is 0.333. The third-order valence-corrected chi connectivity index (χ3v) is 2.43. The zero-order chi connectivity index (χ0) is 10.9. The first-order valence-electron chi connectivity index (χ1n) is 4.04. The topological polar surface area (TPSA) is 72.3 Å². The lowest BCUT2D eigenvalue weighted by Gasteiger charge is -2.23. The van der Waals surface area contributed by atoms with Crippen molar-refractivity contribution in [3.05, 3.63) is 28.5 Å². The summed E-state index contributed by atoms with van der Waals surface area (Å²) in [5.41, 5.74) is 10.3. The number of halogens is 2. The minimum Gasteiger partial charge on any atom is -0.396 e. The molecule has 14 heavy (non-hydrogen) atoms. The molecule has 0 spiro atoms. The Bertz CT molecular complexity index is 355. The van der Waals surface area contributed by atoms with E-state index in [2.05, 4.69) is 0 Å². The van der Waals surface area contributed by atoms with Gasteiger partial charge in [0.25, 0.3) is 0 Å². The highest BCUT2D eigenvalue weighted by molar-refractivity contribution is 6.31. The van der Waals surface area contributed by atoms with Crippen molar-refractivity contribution in [3.8, 4) is 0 Å². The standard InChI is InChI=1S/C9H12ClFN2O/c1-9(13,4-14)5-2-3-6(12)8(11)7(5)10/h2-3,14H,4,12-13H2,1H3/t9-/m1/s1. The van der Waals surface area contributed by atoms with Gasteiger partial charge in [-0.2, -0.15) is 0 Å². The third-order valence-electron chi connectivity index (χ3n) is 2.06. The van der Waals surface area contributed by atoms with Crippen molar-refractivity contribution in [2.75, 3.05) is 12.3 Å². The fourth-order valence-corrected chi connectivity index (χ4v) is 1.48. The SMILES string of the molecule is C[C@@](N)(CO)c1ccc(N)c(F)c1Cl. The second-order valence-electron chi connectivity index (χ2n) is 3.41. The monoisotopic (exact) mass is 218 g/mol. The summed E-state index contributed by atoms with van der Waals surface area (Å²) in [7, 11) is 0. The number of nitrogen functional groups attached to an aromatic ring is 1. The lowest BCUT2D eigenvalue weighted by atomic mass is 9.94. The molecule has 1 rings (SSSR count). The zero-order valence-corrected chi connectivity index (χ0v) is 8.48. The molecular weight excluding hydrogens is 207 g/mol. The van der Waals surface area contributed by atoms with E-state index in [1.165, 1.54) is 12.1 Å². The number of rotatable bonds is 2. The summed E-state index contributed by atoms with van der Waals surface area (Å²) in [6.07, 6.45) is 0. The van der Waals surface area contributed by atoms with Gasteiger partial charge in [-0.3, -0.25) is 0 Å². The van der Waals surface area contributed by atoms with E-state index in [1.54, 1.807) is 6.92 Å². The molecule has 78 valence electrons. The number of aliphatic hydroxyl groups excluding tert-OH is 1. The van der Waals surface area contributed by atoms with Gasteiger partial charge < -0.3 is 16.6 Å². The van der Waals surface area contributed by atoms with E-state index in [1.807, 2.05) is 0 Å². The Morgan fingerprint density at radius 3 is 2.64 bits per heavy atom. The average Bonchev–Trinajstić information content (AvgIpc) is 2.14. The molecule has 0 aromatic heterocycles. The van der Waals surface area contributed by atoms with Crippen LogP contribution in [0.3, 0.4) is 0 Å². The molecule has 0 unspecified atom stereocenters. The Hall–Kier alpha value is -0.840. The molecular formula is C9H12ClFN2O. The van der Waals surface area contributed by atoms with Crippen LogP contribution in [0.1, 0.15) is 12.5 Å². The molecule has 5 heteroatoms. The molecule has 1 aromatic rings. The normalized spacial score (nSPS) is 15.2. The molecule has 0 aliphatic heterocycles. The minimum atomic E-state index is -1.06. The molecule has 0 radical (unpaired) electrons. The van der Waals surface area contributed by atoms with Gasteiger partial charge in [-0.25, -0.2) is 4.39 Å². The van der Waals surface area contributed by atoms with Crippen LogP contribution in [0.15, 0.2) is 12.1 Å². The van der Waals surface area contributed by atoms with Crippen LogP contribution in [-0.2, 0) is 5.54 Å². The Labute approximate surface area is 86.5 Å². The van der Waals surface area contributed by atoms with Crippen LogP contribution in [0.2, 0.25) is 5.02 Å². The number of aliphatic hydroxyl groups is 1. The first kappa shape index (κ1) is 11.2. The third kappa shape index (κ3) is 1.82. The number of nitrogens with two attached hydrogens (primary N) is 2. The maximum absolute atomic E-state index is 13.3. The summed E-state index contributed by atoms with van der Waals surface area (Å²) in [4.78, 5) is 0. The smallest absolute Gasteiger partial charge is 0.164 e. The number of hydrogen-bond donors (Lipinski definition) is 3. The van der Waals surface area contributed by atoms with Crippen molar-refractivity contribution in [2.45, 2.75) is 12.5 Å². The maximum atomic E-state index is 13.3. The van der Waals surface area contributed by atoms with Crippen LogP contribution >= 0.6 is 11.6 Å². The quantitative estimate of drug-likeness (QED) is 0.654. The van der Waals surface area contributed by atoms with Gasteiger partial charge in [0.15, 0.2) is 5.82 Å². The Morgan fingerprint density at radius 2 is 2.14 bits per heavy atom. The molecule has 0 saturated heterocycles. The van der Waals surface area contributed by atoms with Crippen molar-refractivity contribution in [1.29, 1.82) is 0 Å². The van der Waals surface area contributed by atoms with Crippen LogP contribution in [0, 0.1) is 5.82 Å². The largest absolute Gasteiger partial charge is 0.396 e. The molecule has 5 N–H and O–H groups in total. The highest BCUT2D eigenvalue weighted by Crippen LogP contribution is 2.30. The Morgan fingerprint density at radius 1 is 1.57 bits per heavy atom. The van der Waals surface area contributed by atoms with Crippen molar-refractivity contribution in [3.63, 3.8) is 0 Å². The van der Waals surface area contributed by atoms with E-state index in [-0.39, 0.29) is 17.3 Å². The number of benzene rings is 1. The molecule has 0 fully saturated rings. The second-order valence-corrected chi connectivity index (χ2v) is 3.78. The van der Waals surface area contributed by atoms with E-state index in [0.29, 0.717) is 5.56 Å². The molecule has 0 heterocycles. The van der Waals surface area contributed by atoms with E-state index in [0.717, 1.165) is 0 Å². The maximum Gasteiger partial charge on any atom is 0.164 e. The van der Waals surface area contributed by atoms with Gasteiger partial charge in [0.2, 0.25) is 0 Å². The van der Waals surface area contributed by atoms with Crippen molar-refractivity contribution in [2.24, 2.45) is 5.73 Å². The van der Waals surface area contributed by atoms with Gasteiger partial charge in [-0.15, -0.1) is 0 Å². The number of hydrogen-bond acceptors (Lipinski definition) is 3. The van der Waals surface area contributed by atoms with Gasteiger partial charge in [-0.05, 0) is 18.6 Å². The van der Waals surface area contributed by atoms with Crippen molar-refractivity contribution >= 4 is 17.3 Å².